The molecule has 190 valence electrons. The number of hydrogen-bond acceptors (Lipinski definition) is 8. The fraction of sp³-hybridized carbons (Fsp3) is 0.167. The van der Waals surface area contributed by atoms with Crippen molar-refractivity contribution in [1.82, 2.24) is 10.9 Å². The van der Waals surface area contributed by atoms with E-state index >= 15 is 0 Å². The van der Waals surface area contributed by atoms with Gasteiger partial charge in [-0.25, -0.2) is 10.9 Å². The van der Waals surface area contributed by atoms with E-state index in [1.165, 1.54) is 26.6 Å². The fourth-order valence-electron chi connectivity index (χ4n) is 2.65. The van der Waals surface area contributed by atoms with Crippen molar-refractivity contribution in [2.45, 2.75) is 0 Å². The molecule has 36 heavy (non-hydrogen) atoms. The highest BCUT2D eigenvalue weighted by Crippen LogP contribution is 2.37. The van der Waals surface area contributed by atoms with Crippen LogP contribution >= 0.6 is 31.9 Å². The number of carbonyl (C=O) groups excluding carboxylic acids is 2. The predicted molar refractivity (Wildman–Crippen MR) is 144 cm³/mol. The molecule has 2 rings (SSSR count). The van der Waals surface area contributed by atoms with Gasteiger partial charge in [-0.2, -0.15) is 10.2 Å². The second kappa shape index (κ2) is 14.7. The number of nitrogens with one attached hydrogen (secondary N) is 2. The van der Waals surface area contributed by atoms with Crippen molar-refractivity contribution in [2.24, 2.45) is 10.2 Å². The van der Waals surface area contributed by atoms with Crippen LogP contribution in [0, 0.1) is 0 Å². The SMILES string of the molecule is C=CCOc1cc(/C=N/NC(=O)C(=O)N/N=C/c2cc(Br)c(OCC=C)c(OC)c2)cc(Br)c1OC. The molecule has 0 spiro atoms. The van der Waals surface area contributed by atoms with E-state index < -0.39 is 11.8 Å². The minimum absolute atomic E-state index is 0.276. The van der Waals surface area contributed by atoms with Gasteiger partial charge in [0.2, 0.25) is 0 Å². The Kier molecular flexibility index (Phi) is 11.7. The maximum absolute atomic E-state index is 12.0. The van der Waals surface area contributed by atoms with Crippen LogP contribution in [0.4, 0.5) is 0 Å². The predicted octanol–water partition coefficient (Wildman–Crippen LogP) is 3.96. The summed E-state index contributed by atoms with van der Waals surface area (Å²) in [4.78, 5) is 24.0. The lowest BCUT2D eigenvalue weighted by Gasteiger charge is -2.12. The smallest absolute Gasteiger partial charge is 0.331 e. The van der Waals surface area contributed by atoms with Crippen LogP contribution in [0.25, 0.3) is 0 Å². The highest BCUT2D eigenvalue weighted by molar-refractivity contribution is 9.11. The maximum atomic E-state index is 12.0. The van der Waals surface area contributed by atoms with E-state index in [1.807, 2.05) is 0 Å². The van der Waals surface area contributed by atoms with Gasteiger partial charge in [0.05, 0.1) is 35.6 Å². The first kappa shape index (κ1) is 28.6. The highest BCUT2D eigenvalue weighted by atomic mass is 79.9. The summed E-state index contributed by atoms with van der Waals surface area (Å²) in [6.45, 7) is 7.80. The van der Waals surface area contributed by atoms with Crippen LogP contribution in [0.1, 0.15) is 11.1 Å². The molecule has 2 N–H and O–H groups in total. The molecule has 2 amide bonds. The summed E-state index contributed by atoms with van der Waals surface area (Å²) >= 11 is 6.79. The lowest BCUT2D eigenvalue weighted by Crippen LogP contribution is -2.35. The molecule has 0 atom stereocenters. The van der Waals surface area contributed by atoms with Gasteiger partial charge in [0, 0.05) is 0 Å². The quantitative estimate of drug-likeness (QED) is 0.160. The number of nitrogens with zero attached hydrogens (tertiary/aromatic N) is 2. The summed E-state index contributed by atoms with van der Waals surface area (Å²) in [6, 6.07) is 6.73. The summed E-state index contributed by atoms with van der Waals surface area (Å²) in [5, 5.41) is 7.59. The van der Waals surface area contributed by atoms with E-state index in [-0.39, 0.29) is 6.61 Å². The number of methoxy groups -OCH3 is 2. The van der Waals surface area contributed by atoms with E-state index in [0.717, 1.165) is 0 Å². The average Bonchev–Trinajstić information content (AvgIpc) is 2.86. The first-order chi connectivity index (χ1) is 17.3. The Bertz CT molecular complexity index is 1180. The second-order valence-electron chi connectivity index (χ2n) is 6.67. The molecule has 2 aromatic carbocycles. The van der Waals surface area contributed by atoms with Crippen molar-refractivity contribution < 1.29 is 28.5 Å². The zero-order valence-corrected chi connectivity index (χ0v) is 22.7. The zero-order valence-electron chi connectivity index (χ0n) is 19.5. The van der Waals surface area contributed by atoms with Crippen LogP contribution in [0.15, 0.2) is 68.7 Å². The van der Waals surface area contributed by atoms with Gasteiger partial charge in [-0.3, -0.25) is 9.59 Å². The van der Waals surface area contributed by atoms with Crippen LogP contribution in [0.5, 0.6) is 23.0 Å². The first-order valence-electron chi connectivity index (χ1n) is 10.2. The molecule has 0 aliphatic rings. The molecule has 0 unspecified atom stereocenters. The van der Waals surface area contributed by atoms with Gasteiger partial charge in [-0.05, 0) is 67.3 Å². The van der Waals surface area contributed by atoms with Crippen molar-refractivity contribution >= 4 is 56.1 Å². The van der Waals surface area contributed by atoms with Crippen LogP contribution in [0.3, 0.4) is 0 Å². The van der Waals surface area contributed by atoms with Crippen LogP contribution in [0.2, 0.25) is 0 Å². The van der Waals surface area contributed by atoms with Gasteiger partial charge in [-0.1, -0.05) is 25.3 Å². The minimum Gasteiger partial charge on any atom is -0.493 e. The van der Waals surface area contributed by atoms with Crippen molar-refractivity contribution in [2.75, 3.05) is 27.4 Å². The van der Waals surface area contributed by atoms with Gasteiger partial charge in [-0.15, -0.1) is 0 Å². The summed E-state index contributed by atoms with van der Waals surface area (Å²) in [5.74, 6) is -0.111. The number of hydrazone groups is 2. The molecular weight excluding hydrogens is 600 g/mol. The minimum atomic E-state index is -1.01. The molecule has 0 heterocycles. The van der Waals surface area contributed by atoms with Gasteiger partial charge in [0.15, 0.2) is 23.0 Å². The largest absolute Gasteiger partial charge is 0.493 e. The normalized spacial score (nSPS) is 10.7. The number of rotatable bonds is 12. The molecule has 2 aromatic rings. The Morgan fingerprint density at radius 3 is 1.81 bits per heavy atom. The Morgan fingerprint density at radius 2 is 1.31 bits per heavy atom. The molecule has 12 heteroatoms. The molecule has 0 fully saturated rings. The molecule has 0 saturated heterocycles. The zero-order chi connectivity index (χ0) is 26.5. The Labute approximate surface area is 225 Å². The number of amides is 2. The second-order valence-corrected chi connectivity index (χ2v) is 8.37. The topological polar surface area (TPSA) is 120 Å². The summed E-state index contributed by atoms with van der Waals surface area (Å²) < 4.78 is 23.0. The third-order valence-electron chi connectivity index (χ3n) is 4.16. The van der Waals surface area contributed by atoms with Gasteiger partial charge in [0.1, 0.15) is 13.2 Å². The van der Waals surface area contributed by atoms with E-state index in [9.17, 15) is 9.59 Å². The molecular formula is C24H24Br2N4O6. The van der Waals surface area contributed by atoms with Crippen LogP contribution in [-0.2, 0) is 9.59 Å². The highest BCUT2D eigenvalue weighted by Gasteiger charge is 2.14. The summed E-state index contributed by atoms with van der Waals surface area (Å²) in [7, 11) is 3.01. The Hall–Kier alpha value is -3.64. The fourth-order valence-corrected chi connectivity index (χ4v) is 3.84. The van der Waals surface area contributed by atoms with E-state index in [1.54, 1.807) is 36.4 Å². The first-order valence-corrected chi connectivity index (χ1v) is 11.8. The Morgan fingerprint density at radius 1 is 0.806 bits per heavy atom. The third kappa shape index (κ3) is 8.24. The number of hydrogen-bond donors (Lipinski definition) is 2. The molecule has 0 aromatic heterocycles. The lowest BCUT2D eigenvalue weighted by atomic mass is 10.2. The van der Waals surface area contributed by atoms with Crippen molar-refractivity contribution in [3.8, 4) is 23.0 Å². The number of benzene rings is 2. The van der Waals surface area contributed by atoms with Crippen LogP contribution in [-0.4, -0.2) is 51.7 Å². The monoisotopic (exact) mass is 622 g/mol. The third-order valence-corrected chi connectivity index (χ3v) is 5.33. The van der Waals surface area contributed by atoms with Gasteiger partial charge < -0.3 is 18.9 Å². The van der Waals surface area contributed by atoms with Crippen molar-refractivity contribution in [3.63, 3.8) is 0 Å². The number of halogens is 2. The number of ether oxygens (including phenoxy) is 4. The molecule has 0 saturated carbocycles. The van der Waals surface area contributed by atoms with Gasteiger partial charge in [0.25, 0.3) is 0 Å². The van der Waals surface area contributed by atoms with E-state index in [0.29, 0.717) is 49.7 Å². The number of carbonyl (C=O) groups is 2. The van der Waals surface area contributed by atoms with Crippen molar-refractivity contribution in [3.05, 3.63) is 69.6 Å². The van der Waals surface area contributed by atoms with Crippen molar-refractivity contribution in [1.29, 1.82) is 0 Å². The summed E-state index contributed by atoms with van der Waals surface area (Å²) in [5.41, 5.74) is 5.44. The molecule has 0 aliphatic carbocycles. The van der Waals surface area contributed by atoms with E-state index in [2.05, 4.69) is 66.1 Å². The molecule has 0 radical (unpaired) electrons. The molecule has 0 aliphatic heterocycles. The van der Waals surface area contributed by atoms with Gasteiger partial charge >= 0.3 is 11.8 Å². The van der Waals surface area contributed by atoms with Crippen LogP contribution < -0.4 is 29.8 Å². The van der Waals surface area contributed by atoms with E-state index in [4.69, 9.17) is 18.9 Å². The molecule has 10 nitrogen and oxygen atoms in total. The standard InChI is InChI=1S/C24H24Br2N4O6/c1-5-7-35-20-12-16(9-17(25)21(20)34-4)14-28-30-24(32)23(31)29-27-13-15-10-18(26)22(36-8-6-2)19(11-15)33-3/h5-6,9-14H,1-2,7-8H2,3-4H3,(H,29,31)(H,30,32)/b27-13+,28-14+. The average molecular weight is 624 g/mol. The Balaban J connectivity index is 1.99. The maximum Gasteiger partial charge on any atom is 0.331 e. The lowest BCUT2D eigenvalue weighted by molar-refractivity contribution is -0.139. The summed E-state index contributed by atoms with van der Waals surface area (Å²) in [6.07, 6.45) is 5.90. The molecule has 0 bridgehead atoms.